The number of ether oxygens (including phenoxy) is 1. The molecule has 0 aliphatic heterocycles. The summed E-state index contributed by atoms with van der Waals surface area (Å²) in [7, 11) is 0. The van der Waals surface area contributed by atoms with Crippen LogP contribution in [-0.2, 0) is 4.74 Å². The highest BCUT2D eigenvalue weighted by atomic mass is 19.4. The van der Waals surface area contributed by atoms with Crippen LogP contribution in [0.25, 0.3) is 0 Å². The molecular formula is C14H20F3NO. The summed E-state index contributed by atoms with van der Waals surface area (Å²) >= 11 is 0. The van der Waals surface area contributed by atoms with E-state index in [4.69, 9.17) is 4.74 Å². The Morgan fingerprint density at radius 2 is 1.84 bits per heavy atom. The van der Waals surface area contributed by atoms with Crippen molar-refractivity contribution in [2.24, 2.45) is 0 Å². The standard InChI is InChI=1S/C14H20F3NO/c1-10(2)18-8-13(19-9-14(15,16)17)12-7-5-4-6-11(12)3/h4-7,10,13,18H,8-9H2,1-3H3. The van der Waals surface area contributed by atoms with Gasteiger partial charge in [-0.15, -0.1) is 0 Å². The summed E-state index contributed by atoms with van der Waals surface area (Å²) in [4.78, 5) is 0. The van der Waals surface area contributed by atoms with E-state index in [1.54, 1.807) is 6.07 Å². The molecule has 19 heavy (non-hydrogen) atoms. The van der Waals surface area contributed by atoms with E-state index in [0.717, 1.165) is 11.1 Å². The summed E-state index contributed by atoms with van der Waals surface area (Å²) in [6, 6.07) is 7.53. The van der Waals surface area contributed by atoms with Crippen molar-refractivity contribution in [1.82, 2.24) is 5.32 Å². The van der Waals surface area contributed by atoms with Crippen molar-refractivity contribution in [2.45, 2.75) is 39.1 Å². The maximum absolute atomic E-state index is 12.3. The van der Waals surface area contributed by atoms with Gasteiger partial charge in [0.25, 0.3) is 0 Å². The van der Waals surface area contributed by atoms with Gasteiger partial charge in [0.2, 0.25) is 0 Å². The molecule has 1 unspecified atom stereocenters. The van der Waals surface area contributed by atoms with Crippen LogP contribution in [0.5, 0.6) is 0 Å². The molecule has 0 fully saturated rings. The minimum atomic E-state index is -4.31. The monoisotopic (exact) mass is 275 g/mol. The van der Waals surface area contributed by atoms with Gasteiger partial charge in [-0.2, -0.15) is 13.2 Å². The Morgan fingerprint density at radius 3 is 2.37 bits per heavy atom. The zero-order valence-electron chi connectivity index (χ0n) is 11.4. The number of aryl methyl sites for hydroxylation is 1. The molecule has 0 aromatic heterocycles. The van der Waals surface area contributed by atoms with Crippen LogP contribution < -0.4 is 5.32 Å². The summed E-state index contributed by atoms with van der Waals surface area (Å²) in [6.45, 7) is 4.89. The van der Waals surface area contributed by atoms with Crippen LogP contribution in [0.2, 0.25) is 0 Å². The first-order chi connectivity index (χ1) is 8.79. The third kappa shape index (κ3) is 6.07. The normalized spacial score (nSPS) is 13.8. The number of nitrogens with one attached hydrogen (secondary N) is 1. The molecule has 1 aromatic carbocycles. The molecule has 0 aliphatic rings. The fourth-order valence-corrected chi connectivity index (χ4v) is 1.74. The first-order valence-electron chi connectivity index (χ1n) is 6.27. The van der Waals surface area contributed by atoms with Gasteiger partial charge in [-0.05, 0) is 18.1 Å². The lowest BCUT2D eigenvalue weighted by Gasteiger charge is -2.22. The molecule has 0 heterocycles. The molecule has 1 aromatic rings. The van der Waals surface area contributed by atoms with Crippen molar-refractivity contribution in [2.75, 3.05) is 13.2 Å². The van der Waals surface area contributed by atoms with Crippen molar-refractivity contribution in [3.8, 4) is 0 Å². The van der Waals surface area contributed by atoms with E-state index in [2.05, 4.69) is 5.32 Å². The van der Waals surface area contributed by atoms with E-state index in [0.29, 0.717) is 6.54 Å². The predicted octanol–water partition coefficient (Wildman–Crippen LogP) is 3.61. The number of hydrogen-bond acceptors (Lipinski definition) is 2. The first kappa shape index (κ1) is 16.0. The Hall–Kier alpha value is -1.07. The zero-order valence-corrected chi connectivity index (χ0v) is 11.4. The van der Waals surface area contributed by atoms with Gasteiger partial charge >= 0.3 is 6.18 Å². The molecular weight excluding hydrogens is 255 g/mol. The Morgan fingerprint density at radius 1 is 1.21 bits per heavy atom. The fraction of sp³-hybridized carbons (Fsp3) is 0.571. The third-order valence-electron chi connectivity index (χ3n) is 2.70. The lowest BCUT2D eigenvalue weighted by Crippen LogP contribution is -2.31. The molecule has 0 saturated carbocycles. The zero-order chi connectivity index (χ0) is 14.5. The molecule has 0 bridgehead atoms. The Labute approximate surface area is 112 Å². The molecule has 0 amide bonds. The summed E-state index contributed by atoms with van der Waals surface area (Å²) < 4.78 is 41.9. The highest BCUT2D eigenvalue weighted by Crippen LogP contribution is 2.24. The second kappa shape index (κ2) is 6.91. The van der Waals surface area contributed by atoms with Crippen LogP contribution in [0.3, 0.4) is 0 Å². The summed E-state index contributed by atoms with van der Waals surface area (Å²) in [5.41, 5.74) is 1.72. The average molecular weight is 275 g/mol. The van der Waals surface area contributed by atoms with Gasteiger partial charge in [-0.25, -0.2) is 0 Å². The highest BCUT2D eigenvalue weighted by molar-refractivity contribution is 5.28. The van der Waals surface area contributed by atoms with E-state index in [1.807, 2.05) is 39.0 Å². The second-order valence-corrected chi connectivity index (χ2v) is 4.83. The number of alkyl halides is 3. The average Bonchev–Trinajstić information content (AvgIpc) is 2.29. The van der Waals surface area contributed by atoms with E-state index in [1.165, 1.54) is 0 Å². The highest BCUT2D eigenvalue weighted by Gasteiger charge is 2.30. The second-order valence-electron chi connectivity index (χ2n) is 4.83. The van der Waals surface area contributed by atoms with Gasteiger partial charge in [0.15, 0.2) is 0 Å². The molecule has 1 rings (SSSR count). The quantitative estimate of drug-likeness (QED) is 0.856. The van der Waals surface area contributed by atoms with Crippen molar-refractivity contribution in [1.29, 1.82) is 0 Å². The smallest absolute Gasteiger partial charge is 0.363 e. The molecule has 5 heteroatoms. The summed E-state index contributed by atoms with van der Waals surface area (Å²) in [6.07, 6.45) is -4.90. The van der Waals surface area contributed by atoms with Crippen LogP contribution in [0, 0.1) is 6.92 Å². The predicted molar refractivity (Wildman–Crippen MR) is 69.1 cm³/mol. The SMILES string of the molecule is Cc1ccccc1C(CNC(C)C)OCC(F)(F)F. The van der Waals surface area contributed by atoms with Gasteiger partial charge in [-0.1, -0.05) is 38.1 Å². The summed E-state index contributed by atoms with van der Waals surface area (Å²) in [5, 5.41) is 3.12. The minimum absolute atomic E-state index is 0.195. The molecule has 1 N–H and O–H groups in total. The van der Waals surface area contributed by atoms with Crippen molar-refractivity contribution in [3.05, 3.63) is 35.4 Å². The van der Waals surface area contributed by atoms with E-state index in [-0.39, 0.29) is 6.04 Å². The number of benzene rings is 1. The molecule has 0 radical (unpaired) electrons. The maximum atomic E-state index is 12.3. The molecule has 1 atom stereocenters. The van der Waals surface area contributed by atoms with Crippen LogP contribution in [0.4, 0.5) is 13.2 Å². The van der Waals surface area contributed by atoms with E-state index in [9.17, 15) is 13.2 Å². The Bertz CT molecular complexity index is 391. The lowest BCUT2D eigenvalue weighted by atomic mass is 10.0. The van der Waals surface area contributed by atoms with E-state index >= 15 is 0 Å². The summed E-state index contributed by atoms with van der Waals surface area (Å²) in [5.74, 6) is 0. The number of hydrogen-bond donors (Lipinski definition) is 1. The lowest BCUT2D eigenvalue weighted by molar-refractivity contribution is -0.185. The number of rotatable bonds is 6. The number of halogens is 3. The third-order valence-corrected chi connectivity index (χ3v) is 2.70. The van der Waals surface area contributed by atoms with Gasteiger partial charge in [0, 0.05) is 12.6 Å². The van der Waals surface area contributed by atoms with Gasteiger partial charge in [0.1, 0.15) is 6.61 Å². The largest absolute Gasteiger partial charge is 0.411 e. The van der Waals surface area contributed by atoms with Crippen LogP contribution in [-0.4, -0.2) is 25.4 Å². The van der Waals surface area contributed by atoms with E-state index < -0.39 is 18.9 Å². The van der Waals surface area contributed by atoms with Crippen LogP contribution in [0.1, 0.15) is 31.1 Å². The van der Waals surface area contributed by atoms with Crippen LogP contribution in [0.15, 0.2) is 24.3 Å². The fourth-order valence-electron chi connectivity index (χ4n) is 1.74. The molecule has 0 spiro atoms. The minimum Gasteiger partial charge on any atom is -0.363 e. The molecule has 2 nitrogen and oxygen atoms in total. The maximum Gasteiger partial charge on any atom is 0.411 e. The molecule has 0 saturated heterocycles. The molecule has 0 aliphatic carbocycles. The van der Waals surface area contributed by atoms with Crippen LogP contribution >= 0.6 is 0 Å². The Balaban J connectivity index is 2.77. The first-order valence-corrected chi connectivity index (χ1v) is 6.27. The Kier molecular flexibility index (Phi) is 5.82. The van der Waals surface area contributed by atoms with Crippen molar-refractivity contribution >= 4 is 0 Å². The van der Waals surface area contributed by atoms with Gasteiger partial charge in [0.05, 0.1) is 6.10 Å². The van der Waals surface area contributed by atoms with Gasteiger partial charge < -0.3 is 10.1 Å². The van der Waals surface area contributed by atoms with Gasteiger partial charge in [-0.3, -0.25) is 0 Å². The van der Waals surface area contributed by atoms with Crippen molar-refractivity contribution < 1.29 is 17.9 Å². The topological polar surface area (TPSA) is 21.3 Å². The molecule has 108 valence electrons. The van der Waals surface area contributed by atoms with Crippen molar-refractivity contribution in [3.63, 3.8) is 0 Å².